The van der Waals surface area contributed by atoms with Gasteiger partial charge in [-0.1, -0.05) is 23.8 Å². The highest BCUT2D eigenvalue weighted by Crippen LogP contribution is 2.27. The first kappa shape index (κ1) is 14.7. The van der Waals surface area contributed by atoms with E-state index in [2.05, 4.69) is 0 Å². The molecule has 2 N–H and O–H groups in total. The summed E-state index contributed by atoms with van der Waals surface area (Å²) in [6.07, 6.45) is 0.381. The fraction of sp³-hybridized carbons (Fsp3) is 0.294. The van der Waals surface area contributed by atoms with Gasteiger partial charge in [0.15, 0.2) is 0 Å². The van der Waals surface area contributed by atoms with Crippen LogP contribution in [0.1, 0.15) is 29.2 Å². The molecule has 1 atom stereocenters. The summed E-state index contributed by atoms with van der Waals surface area (Å²) in [4.78, 5) is 0. The molecule has 3 heteroatoms. The van der Waals surface area contributed by atoms with Crippen LogP contribution in [0.25, 0.3) is 0 Å². The van der Waals surface area contributed by atoms with Gasteiger partial charge in [0.05, 0.1) is 0 Å². The smallest absolute Gasteiger partial charge is 0.126 e. The Kier molecular flexibility index (Phi) is 3.91. The Bertz CT molecular complexity index is 613. The minimum absolute atomic E-state index is 0.381. The highest BCUT2D eigenvalue weighted by atomic mass is 19.1. The highest BCUT2D eigenvalue weighted by molar-refractivity contribution is 5.37. The lowest BCUT2D eigenvalue weighted by Crippen LogP contribution is -2.36. The van der Waals surface area contributed by atoms with Gasteiger partial charge in [-0.2, -0.15) is 0 Å². The van der Waals surface area contributed by atoms with Gasteiger partial charge in [-0.15, -0.1) is 0 Å². The minimum atomic E-state index is -0.670. The first-order chi connectivity index (χ1) is 9.28. The van der Waals surface area contributed by atoms with E-state index in [1.807, 2.05) is 39.0 Å². The summed E-state index contributed by atoms with van der Waals surface area (Å²) in [6.45, 7) is 5.88. The van der Waals surface area contributed by atoms with Crippen molar-refractivity contribution in [2.75, 3.05) is 0 Å². The Morgan fingerprint density at radius 2 is 1.60 bits per heavy atom. The van der Waals surface area contributed by atoms with Crippen molar-refractivity contribution in [2.24, 2.45) is 5.73 Å². The molecule has 0 fully saturated rings. The van der Waals surface area contributed by atoms with Crippen molar-refractivity contribution in [1.82, 2.24) is 0 Å². The van der Waals surface area contributed by atoms with Crippen LogP contribution in [0.3, 0.4) is 0 Å². The molecule has 0 amide bonds. The number of hydrogen-bond donors (Lipinski definition) is 1. The molecule has 106 valence electrons. The van der Waals surface area contributed by atoms with E-state index in [0.29, 0.717) is 12.0 Å². The first-order valence-corrected chi connectivity index (χ1v) is 6.59. The van der Waals surface area contributed by atoms with E-state index in [1.54, 1.807) is 0 Å². The van der Waals surface area contributed by atoms with E-state index in [4.69, 9.17) is 5.73 Å². The molecule has 0 spiro atoms. The maximum atomic E-state index is 13.3. The summed E-state index contributed by atoms with van der Waals surface area (Å²) < 4.78 is 26.5. The number of rotatable bonds is 3. The van der Waals surface area contributed by atoms with Gasteiger partial charge >= 0.3 is 0 Å². The molecule has 0 bridgehead atoms. The molecule has 0 aliphatic heterocycles. The van der Waals surface area contributed by atoms with Crippen molar-refractivity contribution in [2.45, 2.75) is 32.7 Å². The SMILES string of the molecule is Cc1ccc(C)c(C(C)(N)Cc2cc(F)cc(F)c2)c1. The van der Waals surface area contributed by atoms with Gasteiger partial charge in [-0.3, -0.25) is 0 Å². The lowest BCUT2D eigenvalue weighted by atomic mass is 9.83. The zero-order valence-electron chi connectivity index (χ0n) is 12.0. The second-order valence-electron chi connectivity index (χ2n) is 5.69. The third-order valence-corrected chi connectivity index (χ3v) is 3.50. The average molecular weight is 275 g/mol. The molecule has 0 saturated heterocycles. The van der Waals surface area contributed by atoms with Crippen LogP contribution >= 0.6 is 0 Å². The van der Waals surface area contributed by atoms with E-state index in [-0.39, 0.29) is 0 Å². The number of aryl methyl sites for hydroxylation is 2. The van der Waals surface area contributed by atoms with Gasteiger partial charge in [-0.05, 0) is 56.0 Å². The molecular formula is C17H19F2N. The van der Waals surface area contributed by atoms with E-state index in [1.165, 1.54) is 12.1 Å². The molecule has 0 aliphatic rings. The average Bonchev–Trinajstić information content (AvgIpc) is 2.30. The van der Waals surface area contributed by atoms with E-state index in [9.17, 15) is 8.78 Å². The largest absolute Gasteiger partial charge is 0.321 e. The van der Waals surface area contributed by atoms with Crippen molar-refractivity contribution in [3.8, 4) is 0 Å². The Balaban J connectivity index is 2.37. The Morgan fingerprint density at radius 1 is 1.00 bits per heavy atom. The summed E-state index contributed by atoms with van der Waals surface area (Å²) in [5.41, 5.74) is 9.49. The number of hydrogen-bond acceptors (Lipinski definition) is 1. The van der Waals surface area contributed by atoms with Crippen LogP contribution in [0, 0.1) is 25.5 Å². The van der Waals surface area contributed by atoms with Crippen LogP contribution in [-0.4, -0.2) is 0 Å². The predicted molar refractivity (Wildman–Crippen MR) is 77.5 cm³/mol. The van der Waals surface area contributed by atoms with Gasteiger partial charge in [0.25, 0.3) is 0 Å². The topological polar surface area (TPSA) is 26.0 Å². The molecule has 2 aromatic carbocycles. The second kappa shape index (κ2) is 5.33. The molecule has 2 aromatic rings. The summed E-state index contributed by atoms with van der Waals surface area (Å²) >= 11 is 0. The molecule has 0 heterocycles. The Morgan fingerprint density at radius 3 is 2.20 bits per heavy atom. The molecule has 2 rings (SSSR count). The van der Waals surface area contributed by atoms with Crippen LogP contribution in [0.2, 0.25) is 0 Å². The molecule has 1 nitrogen and oxygen atoms in total. The van der Waals surface area contributed by atoms with Gasteiger partial charge < -0.3 is 5.73 Å². The van der Waals surface area contributed by atoms with Gasteiger partial charge in [-0.25, -0.2) is 8.78 Å². The molecular weight excluding hydrogens is 256 g/mol. The van der Waals surface area contributed by atoms with Gasteiger partial charge in [0.2, 0.25) is 0 Å². The van der Waals surface area contributed by atoms with E-state index in [0.717, 1.165) is 22.8 Å². The van der Waals surface area contributed by atoms with Crippen LogP contribution < -0.4 is 5.73 Å². The summed E-state index contributed by atoms with van der Waals surface area (Å²) in [6, 6.07) is 9.61. The van der Waals surface area contributed by atoms with Crippen LogP contribution in [0.15, 0.2) is 36.4 Å². The quantitative estimate of drug-likeness (QED) is 0.900. The zero-order chi connectivity index (χ0) is 14.9. The maximum absolute atomic E-state index is 13.3. The molecule has 0 saturated carbocycles. The third-order valence-electron chi connectivity index (χ3n) is 3.50. The fourth-order valence-electron chi connectivity index (χ4n) is 2.58. The van der Waals surface area contributed by atoms with Crippen molar-refractivity contribution >= 4 is 0 Å². The van der Waals surface area contributed by atoms with Gasteiger partial charge in [0.1, 0.15) is 11.6 Å². The summed E-state index contributed by atoms with van der Waals surface area (Å²) in [5, 5.41) is 0. The summed E-state index contributed by atoms with van der Waals surface area (Å²) in [5.74, 6) is -1.14. The molecule has 0 radical (unpaired) electrons. The first-order valence-electron chi connectivity index (χ1n) is 6.59. The van der Waals surface area contributed by atoms with Crippen molar-refractivity contribution in [3.63, 3.8) is 0 Å². The highest BCUT2D eigenvalue weighted by Gasteiger charge is 2.24. The molecule has 1 unspecified atom stereocenters. The molecule has 0 aromatic heterocycles. The standard InChI is InChI=1S/C17H19F2N/c1-11-4-5-12(2)16(6-11)17(3,20)10-13-7-14(18)9-15(19)8-13/h4-9H,10,20H2,1-3H3. The minimum Gasteiger partial charge on any atom is -0.321 e. The van der Waals surface area contributed by atoms with Crippen LogP contribution in [-0.2, 0) is 12.0 Å². The summed E-state index contributed by atoms with van der Waals surface area (Å²) in [7, 11) is 0. The van der Waals surface area contributed by atoms with E-state index < -0.39 is 17.2 Å². The third kappa shape index (κ3) is 3.23. The number of halogens is 2. The van der Waals surface area contributed by atoms with Crippen molar-refractivity contribution in [1.29, 1.82) is 0 Å². The maximum Gasteiger partial charge on any atom is 0.126 e. The number of nitrogens with two attached hydrogens (primary N) is 1. The fourth-order valence-corrected chi connectivity index (χ4v) is 2.58. The number of benzene rings is 2. The lowest BCUT2D eigenvalue weighted by molar-refractivity contribution is 0.483. The second-order valence-corrected chi connectivity index (χ2v) is 5.69. The van der Waals surface area contributed by atoms with E-state index >= 15 is 0 Å². The van der Waals surface area contributed by atoms with Crippen LogP contribution in [0.5, 0.6) is 0 Å². The van der Waals surface area contributed by atoms with Crippen molar-refractivity contribution < 1.29 is 8.78 Å². The van der Waals surface area contributed by atoms with Gasteiger partial charge in [0, 0.05) is 11.6 Å². The monoisotopic (exact) mass is 275 g/mol. The normalized spacial score (nSPS) is 14.1. The van der Waals surface area contributed by atoms with Crippen LogP contribution in [0.4, 0.5) is 8.78 Å². The zero-order valence-corrected chi connectivity index (χ0v) is 12.0. The van der Waals surface area contributed by atoms with Crippen molar-refractivity contribution in [3.05, 3.63) is 70.3 Å². The molecule has 20 heavy (non-hydrogen) atoms. The predicted octanol–water partition coefficient (Wildman–Crippen LogP) is 4.00. The lowest BCUT2D eigenvalue weighted by Gasteiger charge is -2.28. The Hall–Kier alpha value is -1.74. The Labute approximate surface area is 118 Å². The molecule has 0 aliphatic carbocycles.